The number of urea groups is 1. The van der Waals surface area contributed by atoms with Crippen molar-refractivity contribution >= 4 is 35.1 Å². The lowest BCUT2D eigenvalue weighted by Gasteiger charge is -2.20. The lowest BCUT2D eigenvalue weighted by molar-refractivity contribution is -0.192. The molecule has 1 saturated heterocycles. The van der Waals surface area contributed by atoms with E-state index in [-0.39, 0.29) is 18.2 Å². The van der Waals surface area contributed by atoms with E-state index < -0.39 is 35.8 Å². The van der Waals surface area contributed by atoms with E-state index in [1.54, 1.807) is 19.1 Å². The number of amides is 3. The zero-order valence-electron chi connectivity index (χ0n) is 22.1. The van der Waals surface area contributed by atoms with Gasteiger partial charge in [0.25, 0.3) is 5.91 Å². The van der Waals surface area contributed by atoms with Crippen molar-refractivity contribution in [1.29, 1.82) is 0 Å². The number of aryl methyl sites for hydroxylation is 1. The Morgan fingerprint density at radius 1 is 1.05 bits per heavy atom. The summed E-state index contributed by atoms with van der Waals surface area (Å²) in [6, 6.07) is 8.30. The number of benzene rings is 2. The molecule has 16 heteroatoms. The molecule has 1 fully saturated rings. The van der Waals surface area contributed by atoms with Gasteiger partial charge in [0.1, 0.15) is 24.4 Å². The first-order valence-corrected chi connectivity index (χ1v) is 11.9. The number of ether oxygens (including phenoxy) is 1. The SMILES string of the molecule is Cc1cc(Oc2ncnc(N)c2C(C)C)ccc1N1C(=O)CN(c2cccc(C(F)(F)F)c2)C1=O.O=C(O)C(F)(F)F. The number of nitrogens with zero attached hydrogens (tertiary/aromatic N) is 4. The highest BCUT2D eigenvalue weighted by atomic mass is 19.4. The molecule has 0 aliphatic carbocycles. The van der Waals surface area contributed by atoms with Crippen LogP contribution in [-0.4, -0.2) is 45.7 Å². The number of aromatic nitrogens is 2. The minimum absolute atomic E-state index is 0.00763. The lowest BCUT2D eigenvalue weighted by atomic mass is 10.1. The highest BCUT2D eigenvalue weighted by Gasteiger charge is 2.40. The van der Waals surface area contributed by atoms with E-state index in [4.69, 9.17) is 20.4 Å². The van der Waals surface area contributed by atoms with Gasteiger partial charge in [0.15, 0.2) is 0 Å². The number of alkyl halides is 6. The maximum Gasteiger partial charge on any atom is 0.490 e. The number of hydrogen-bond donors (Lipinski definition) is 2. The molecule has 2 heterocycles. The van der Waals surface area contributed by atoms with E-state index in [9.17, 15) is 35.9 Å². The predicted molar refractivity (Wildman–Crippen MR) is 137 cm³/mol. The Hall–Kier alpha value is -4.89. The fourth-order valence-electron chi connectivity index (χ4n) is 3.86. The number of rotatable bonds is 5. The summed E-state index contributed by atoms with van der Waals surface area (Å²) in [6.45, 7) is 5.16. The average molecular weight is 599 g/mol. The molecule has 10 nitrogen and oxygen atoms in total. The molecular weight excluding hydrogens is 576 g/mol. The van der Waals surface area contributed by atoms with E-state index in [0.717, 1.165) is 21.9 Å². The molecule has 224 valence electrons. The molecule has 0 radical (unpaired) electrons. The summed E-state index contributed by atoms with van der Waals surface area (Å²) in [7, 11) is 0. The van der Waals surface area contributed by atoms with Gasteiger partial charge >= 0.3 is 24.4 Å². The second-order valence-electron chi connectivity index (χ2n) is 9.13. The fraction of sp³-hybridized carbons (Fsp3) is 0.269. The molecule has 2 aromatic carbocycles. The Labute approximate surface area is 234 Å². The number of carboxylic acid groups (broad SMARTS) is 1. The highest BCUT2D eigenvalue weighted by Crippen LogP contribution is 2.36. The van der Waals surface area contributed by atoms with Crippen LogP contribution in [0.4, 0.5) is 48.3 Å². The zero-order chi connectivity index (χ0) is 31.6. The van der Waals surface area contributed by atoms with Crippen molar-refractivity contribution in [3.8, 4) is 11.6 Å². The molecule has 42 heavy (non-hydrogen) atoms. The van der Waals surface area contributed by atoms with Crippen molar-refractivity contribution in [2.75, 3.05) is 22.1 Å². The van der Waals surface area contributed by atoms with Gasteiger partial charge in [0.2, 0.25) is 5.88 Å². The monoisotopic (exact) mass is 599 g/mol. The Balaban J connectivity index is 0.000000616. The van der Waals surface area contributed by atoms with Crippen LogP contribution >= 0.6 is 0 Å². The van der Waals surface area contributed by atoms with E-state index in [2.05, 4.69) is 9.97 Å². The summed E-state index contributed by atoms with van der Waals surface area (Å²) < 4.78 is 76.9. The summed E-state index contributed by atoms with van der Waals surface area (Å²) >= 11 is 0. The molecule has 3 aromatic rings. The van der Waals surface area contributed by atoms with E-state index >= 15 is 0 Å². The van der Waals surface area contributed by atoms with Gasteiger partial charge in [0, 0.05) is 5.69 Å². The zero-order valence-corrected chi connectivity index (χ0v) is 22.1. The van der Waals surface area contributed by atoms with Gasteiger partial charge in [0.05, 0.1) is 16.8 Å². The molecule has 1 aromatic heterocycles. The Morgan fingerprint density at radius 3 is 2.24 bits per heavy atom. The largest absolute Gasteiger partial charge is 0.490 e. The maximum absolute atomic E-state index is 13.1. The third-order valence-electron chi connectivity index (χ3n) is 5.77. The number of anilines is 3. The number of nitrogen functional groups attached to an aromatic ring is 1. The second kappa shape index (κ2) is 11.9. The summed E-state index contributed by atoms with van der Waals surface area (Å²) in [5.41, 5.74) is 6.53. The molecule has 0 bridgehead atoms. The number of nitrogens with two attached hydrogens (primary N) is 1. The third kappa shape index (κ3) is 7.05. The number of aliphatic carboxylic acids is 1. The lowest BCUT2D eigenvalue weighted by Crippen LogP contribution is -2.33. The summed E-state index contributed by atoms with van der Waals surface area (Å²) in [5.74, 6) is -2.30. The normalized spacial score (nSPS) is 13.8. The van der Waals surface area contributed by atoms with Crippen molar-refractivity contribution in [2.24, 2.45) is 0 Å². The predicted octanol–water partition coefficient (Wildman–Crippen LogP) is 5.91. The van der Waals surface area contributed by atoms with Gasteiger partial charge in [-0.2, -0.15) is 26.3 Å². The van der Waals surface area contributed by atoms with Gasteiger partial charge < -0.3 is 15.6 Å². The molecule has 0 atom stereocenters. The molecule has 1 aliphatic rings. The van der Waals surface area contributed by atoms with Crippen LogP contribution in [0.15, 0.2) is 48.8 Å². The van der Waals surface area contributed by atoms with E-state index in [1.165, 1.54) is 24.5 Å². The summed E-state index contributed by atoms with van der Waals surface area (Å²) in [5, 5.41) is 7.12. The van der Waals surface area contributed by atoms with Gasteiger partial charge in [-0.3, -0.25) is 9.69 Å². The minimum atomic E-state index is -5.08. The topological polar surface area (TPSA) is 139 Å². The highest BCUT2D eigenvalue weighted by molar-refractivity contribution is 6.27. The average Bonchev–Trinajstić information content (AvgIpc) is 3.17. The first-order valence-electron chi connectivity index (χ1n) is 11.9. The van der Waals surface area contributed by atoms with Crippen LogP contribution in [-0.2, 0) is 15.8 Å². The van der Waals surface area contributed by atoms with Crippen LogP contribution in [0.2, 0.25) is 0 Å². The first-order chi connectivity index (χ1) is 19.4. The second-order valence-corrected chi connectivity index (χ2v) is 9.13. The molecule has 0 saturated carbocycles. The van der Waals surface area contributed by atoms with Gasteiger partial charge in [-0.15, -0.1) is 0 Å². The number of carboxylic acids is 1. The van der Waals surface area contributed by atoms with Crippen molar-refractivity contribution in [3.05, 3.63) is 65.5 Å². The molecule has 1 aliphatic heterocycles. The van der Waals surface area contributed by atoms with Crippen molar-refractivity contribution in [1.82, 2.24) is 9.97 Å². The molecule has 4 rings (SSSR count). The van der Waals surface area contributed by atoms with E-state index in [1.807, 2.05) is 13.8 Å². The molecular formula is C26H23F6N5O5. The van der Waals surface area contributed by atoms with Gasteiger partial charge in [-0.25, -0.2) is 24.5 Å². The minimum Gasteiger partial charge on any atom is -0.475 e. The van der Waals surface area contributed by atoms with Crippen molar-refractivity contribution in [3.63, 3.8) is 0 Å². The molecule has 3 amide bonds. The molecule has 0 unspecified atom stereocenters. The first kappa shape index (κ1) is 31.6. The number of halogens is 6. The van der Waals surface area contributed by atoms with Gasteiger partial charge in [-0.1, -0.05) is 19.9 Å². The number of carbonyl (C=O) groups excluding carboxylic acids is 2. The Bertz CT molecular complexity index is 1510. The summed E-state index contributed by atoms with van der Waals surface area (Å²) in [4.78, 5) is 44.8. The number of hydrogen-bond acceptors (Lipinski definition) is 7. The number of carbonyl (C=O) groups is 3. The van der Waals surface area contributed by atoms with Crippen molar-refractivity contribution in [2.45, 2.75) is 39.0 Å². The standard InChI is InChI=1S/C24H22F3N5O3.C2HF3O2/c1-13(2)20-21(28)29-12-30-22(20)35-17-7-8-18(14(3)9-17)32-19(33)11-31(23(32)34)16-6-4-5-15(10-16)24(25,26)27;3-2(4,5)1(6)7/h4-10,12-13H,11H2,1-3H3,(H2,28,29,30);(H,6,7). The van der Waals surface area contributed by atoms with E-state index in [0.29, 0.717) is 34.3 Å². The fourth-order valence-corrected chi connectivity index (χ4v) is 3.86. The quantitative estimate of drug-likeness (QED) is 0.273. The smallest absolute Gasteiger partial charge is 0.475 e. The van der Waals surface area contributed by atoms with Gasteiger partial charge in [-0.05, 0) is 54.8 Å². The summed E-state index contributed by atoms with van der Waals surface area (Å²) in [6.07, 6.45) is -8.36. The van der Waals surface area contributed by atoms with Crippen molar-refractivity contribution < 1.29 is 50.6 Å². The van der Waals surface area contributed by atoms with Crippen LogP contribution in [0, 0.1) is 6.92 Å². The van der Waals surface area contributed by atoms with Crippen LogP contribution in [0.25, 0.3) is 0 Å². The Kier molecular flexibility index (Phi) is 8.98. The molecule has 3 N–H and O–H groups in total. The molecule has 0 spiro atoms. The van der Waals surface area contributed by atoms with Crippen LogP contribution < -0.4 is 20.3 Å². The van der Waals surface area contributed by atoms with Crippen LogP contribution in [0.3, 0.4) is 0 Å². The maximum atomic E-state index is 13.1. The van der Waals surface area contributed by atoms with Crippen LogP contribution in [0.1, 0.15) is 36.5 Å². The van der Waals surface area contributed by atoms with Crippen LogP contribution in [0.5, 0.6) is 11.6 Å². The Morgan fingerprint density at radius 2 is 1.69 bits per heavy atom. The number of imide groups is 1. The third-order valence-corrected chi connectivity index (χ3v) is 5.77.